The summed E-state index contributed by atoms with van der Waals surface area (Å²) in [5.41, 5.74) is 2.33. The summed E-state index contributed by atoms with van der Waals surface area (Å²) in [6.45, 7) is 0. The summed E-state index contributed by atoms with van der Waals surface area (Å²) in [5.74, 6) is 0. The molecular weight excluding hydrogens is 566 g/mol. The molecule has 0 aliphatic heterocycles. The van der Waals surface area contributed by atoms with Crippen LogP contribution in [0.2, 0.25) is 0 Å². The first-order chi connectivity index (χ1) is 20.5. The van der Waals surface area contributed by atoms with Crippen LogP contribution in [0.1, 0.15) is 11.1 Å². The van der Waals surface area contributed by atoms with Gasteiger partial charge in [0.05, 0.1) is 22.3 Å². The average molecular weight is 585 g/mol. The minimum Gasteiger partial charge on any atom is -0.455 e. The largest absolute Gasteiger partial charge is 0.455 e. The van der Waals surface area contributed by atoms with Crippen molar-refractivity contribution in [2.24, 2.45) is 0 Å². The van der Waals surface area contributed by atoms with Crippen LogP contribution >= 0.6 is 0 Å². The van der Waals surface area contributed by atoms with Gasteiger partial charge in [0, 0.05) is 45.2 Å². The van der Waals surface area contributed by atoms with E-state index in [1.54, 1.807) is 18.5 Å². The van der Waals surface area contributed by atoms with Crippen LogP contribution in [0.5, 0.6) is 0 Å². The quantitative estimate of drug-likeness (QED) is 0.194. The first kappa shape index (κ1) is 26.7. The van der Waals surface area contributed by atoms with Gasteiger partial charge in [0.15, 0.2) is 0 Å². The Hall–Kier alpha value is -5.18. The minimum atomic E-state index is -4.93. The lowest BCUT2D eigenvalue weighted by Gasteiger charge is -2.14. The molecule has 0 spiro atoms. The molecule has 0 radical (unpaired) electrons. The molecule has 7 rings (SSSR count). The highest BCUT2D eigenvalue weighted by molar-refractivity contribution is 6.09. The number of pyridine rings is 2. The first-order valence-electron chi connectivity index (χ1n) is 13.1. The fraction of sp³-hybridized carbons (Fsp3) is 0.0588. The topological polar surface area (TPSA) is 38.9 Å². The highest BCUT2D eigenvalue weighted by Crippen LogP contribution is 2.40. The van der Waals surface area contributed by atoms with E-state index in [9.17, 15) is 26.3 Å². The lowest BCUT2D eigenvalue weighted by molar-refractivity contribution is -0.143. The van der Waals surface area contributed by atoms with Crippen molar-refractivity contribution in [1.29, 1.82) is 0 Å². The summed E-state index contributed by atoms with van der Waals surface area (Å²) in [6, 6.07) is 25.5. The van der Waals surface area contributed by atoms with E-state index in [2.05, 4.69) is 9.97 Å². The van der Waals surface area contributed by atoms with Crippen molar-refractivity contribution in [3.05, 3.63) is 121 Å². The van der Waals surface area contributed by atoms with Gasteiger partial charge in [-0.05, 0) is 59.7 Å². The molecule has 9 heteroatoms. The molecule has 0 amide bonds. The normalized spacial score (nSPS) is 12.4. The number of benzene rings is 4. The van der Waals surface area contributed by atoms with Crippen LogP contribution in [0.3, 0.4) is 0 Å². The molecule has 0 aliphatic carbocycles. The SMILES string of the molecule is FC(F)(F)c1cc(-c2ccc3cc(-c4ccc(-c5cccc6c5oc5ccccc56)nc4)cnc3c2)cc(C(F)(F)F)c1. The molecule has 0 fully saturated rings. The van der Waals surface area contributed by atoms with Gasteiger partial charge >= 0.3 is 12.4 Å². The summed E-state index contributed by atoms with van der Waals surface area (Å²) >= 11 is 0. The Morgan fingerprint density at radius 3 is 1.95 bits per heavy atom. The van der Waals surface area contributed by atoms with E-state index < -0.39 is 23.5 Å². The Morgan fingerprint density at radius 1 is 0.535 bits per heavy atom. The smallest absolute Gasteiger partial charge is 0.416 e. The van der Waals surface area contributed by atoms with Crippen molar-refractivity contribution in [1.82, 2.24) is 9.97 Å². The third-order valence-electron chi connectivity index (χ3n) is 7.38. The summed E-state index contributed by atoms with van der Waals surface area (Å²) < 4.78 is 86.3. The van der Waals surface area contributed by atoms with Gasteiger partial charge in [-0.2, -0.15) is 26.3 Å². The van der Waals surface area contributed by atoms with Crippen molar-refractivity contribution in [3.8, 4) is 33.5 Å². The van der Waals surface area contributed by atoms with Crippen molar-refractivity contribution >= 4 is 32.8 Å². The van der Waals surface area contributed by atoms with Crippen LogP contribution in [0.4, 0.5) is 26.3 Å². The fourth-order valence-electron chi connectivity index (χ4n) is 5.25. The van der Waals surface area contributed by atoms with E-state index in [1.165, 1.54) is 12.1 Å². The molecule has 4 aromatic carbocycles. The molecule has 0 bridgehead atoms. The lowest BCUT2D eigenvalue weighted by atomic mass is 9.97. The van der Waals surface area contributed by atoms with Crippen LogP contribution in [0.25, 0.3) is 66.4 Å². The van der Waals surface area contributed by atoms with E-state index in [1.807, 2.05) is 60.7 Å². The highest BCUT2D eigenvalue weighted by atomic mass is 19.4. The molecule has 3 aromatic heterocycles. The number of furan rings is 1. The van der Waals surface area contributed by atoms with Gasteiger partial charge in [-0.3, -0.25) is 9.97 Å². The number of halogens is 6. The van der Waals surface area contributed by atoms with E-state index >= 15 is 0 Å². The maximum absolute atomic E-state index is 13.4. The molecule has 43 heavy (non-hydrogen) atoms. The van der Waals surface area contributed by atoms with E-state index in [4.69, 9.17) is 4.42 Å². The number of hydrogen-bond donors (Lipinski definition) is 0. The fourth-order valence-corrected chi connectivity index (χ4v) is 5.25. The zero-order valence-electron chi connectivity index (χ0n) is 22.0. The average Bonchev–Trinajstić information content (AvgIpc) is 3.38. The molecule has 7 aromatic rings. The predicted octanol–water partition coefficient (Wildman–Crippen LogP) is 10.6. The zero-order chi connectivity index (χ0) is 29.9. The standard InChI is InChI=1S/C34H18F6N2O/c35-33(36,37)24-13-22(14-25(16-24)34(38,39)40)19-8-9-20-12-23(18-42-30(20)15-19)21-10-11-29(41-17-21)28-6-3-5-27-26-4-1-2-7-31(26)43-32(27)28/h1-18H. The van der Waals surface area contributed by atoms with Crippen molar-refractivity contribution in [2.45, 2.75) is 12.4 Å². The Labute approximate surface area is 240 Å². The number of alkyl halides is 6. The second-order valence-electron chi connectivity index (χ2n) is 10.1. The Kier molecular flexibility index (Phi) is 6.02. The van der Waals surface area contributed by atoms with Gasteiger partial charge in [0.25, 0.3) is 0 Å². The van der Waals surface area contributed by atoms with Crippen LogP contribution in [-0.4, -0.2) is 9.97 Å². The second-order valence-corrected chi connectivity index (χ2v) is 10.1. The Bertz CT molecular complexity index is 2130. The van der Waals surface area contributed by atoms with Crippen LogP contribution in [0.15, 0.2) is 114 Å². The summed E-state index contributed by atoms with van der Waals surface area (Å²) in [4.78, 5) is 9.11. The molecule has 0 aliphatic rings. The van der Waals surface area contributed by atoms with Gasteiger partial charge in [0.1, 0.15) is 11.2 Å². The maximum atomic E-state index is 13.4. The van der Waals surface area contributed by atoms with Crippen molar-refractivity contribution in [2.75, 3.05) is 0 Å². The van der Waals surface area contributed by atoms with Gasteiger partial charge in [-0.15, -0.1) is 0 Å². The third-order valence-corrected chi connectivity index (χ3v) is 7.38. The Balaban J connectivity index is 1.22. The summed E-state index contributed by atoms with van der Waals surface area (Å²) in [6.07, 6.45) is -6.55. The molecule has 0 saturated carbocycles. The third kappa shape index (κ3) is 4.86. The maximum Gasteiger partial charge on any atom is 0.416 e. The molecule has 0 saturated heterocycles. The van der Waals surface area contributed by atoms with Crippen molar-refractivity contribution in [3.63, 3.8) is 0 Å². The van der Waals surface area contributed by atoms with E-state index in [-0.39, 0.29) is 17.2 Å². The highest BCUT2D eigenvalue weighted by Gasteiger charge is 2.37. The van der Waals surface area contributed by atoms with Gasteiger partial charge < -0.3 is 4.42 Å². The minimum absolute atomic E-state index is 0.117. The molecular formula is C34H18F6N2O. The monoisotopic (exact) mass is 584 g/mol. The number of hydrogen-bond acceptors (Lipinski definition) is 3. The van der Waals surface area contributed by atoms with Gasteiger partial charge in [-0.1, -0.05) is 48.5 Å². The summed E-state index contributed by atoms with van der Waals surface area (Å²) in [5, 5.41) is 2.69. The van der Waals surface area contributed by atoms with Gasteiger partial charge in [-0.25, -0.2) is 0 Å². The van der Waals surface area contributed by atoms with Gasteiger partial charge in [0.2, 0.25) is 0 Å². The molecule has 0 atom stereocenters. The molecule has 3 nitrogen and oxygen atoms in total. The van der Waals surface area contributed by atoms with Crippen LogP contribution in [-0.2, 0) is 12.4 Å². The number of fused-ring (bicyclic) bond motifs is 4. The van der Waals surface area contributed by atoms with Crippen LogP contribution in [0, 0.1) is 0 Å². The number of aromatic nitrogens is 2. The summed E-state index contributed by atoms with van der Waals surface area (Å²) in [7, 11) is 0. The van der Waals surface area contributed by atoms with Crippen molar-refractivity contribution < 1.29 is 30.8 Å². The number of para-hydroxylation sites is 2. The Morgan fingerprint density at radius 2 is 1.23 bits per heavy atom. The second kappa shape index (κ2) is 9.69. The van der Waals surface area contributed by atoms with E-state index in [0.717, 1.165) is 44.3 Å². The van der Waals surface area contributed by atoms with E-state index in [0.29, 0.717) is 23.0 Å². The number of rotatable bonds is 3. The zero-order valence-corrected chi connectivity index (χ0v) is 22.0. The molecule has 0 unspecified atom stereocenters. The molecule has 212 valence electrons. The number of nitrogens with zero attached hydrogens (tertiary/aromatic N) is 2. The van der Waals surface area contributed by atoms with Crippen LogP contribution < -0.4 is 0 Å². The lowest BCUT2D eigenvalue weighted by Crippen LogP contribution is -2.11. The predicted molar refractivity (Wildman–Crippen MR) is 153 cm³/mol. The molecule has 3 heterocycles. The first-order valence-corrected chi connectivity index (χ1v) is 13.1. The molecule has 0 N–H and O–H groups in total.